The molecule has 1 aliphatic carbocycles. The van der Waals surface area contributed by atoms with Gasteiger partial charge in [-0.3, -0.25) is 9.10 Å². The van der Waals surface area contributed by atoms with Crippen molar-refractivity contribution in [3.05, 3.63) is 76.2 Å². The van der Waals surface area contributed by atoms with Crippen LogP contribution in [0.15, 0.2) is 54.6 Å². The van der Waals surface area contributed by atoms with Gasteiger partial charge in [-0.15, -0.1) is 11.3 Å². The zero-order valence-electron chi connectivity index (χ0n) is 16.4. The number of carbonyl (C=O) groups is 1. The van der Waals surface area contributed by atoms with Crippen LogP contribution in [0.4, 0.5) is 5.69 Å². The number of rotatable bonds is 5. The maximum Gasteiger partial charge on any atom is 0.261 e. The van der Waals surface area contributed by atoms with Crippen LogP contribution in [0.5, 0.6) is 0 Å². The van der Waals surface area contributed by atoms with E-state index in [-0.39, 0.29) is 18.2 Å². The van der Waals surface area contributed by atoms with Crippen molar-refractivity contribution in [3.8, 4) is 10.4 Å². The van der Waals surface area contributed by atoms with Gasteiger partial charge in [-0.1, -0.05) is 42.5 Å². The van der Waals surface area contributed by atoms with Gasteiger partial charge < -0.3 is 5.32 Å². The molecule has 0 radical (unpaired) electrons. The Morgan fingerprint density at radius 3 is 2.57 bits per heavy atom. The summed E-state index contributed by atoms with van der Waals surface area (Å²) in [5.74, 6) is -0.315. The zero-order valence-corrected chi connectivity index (χ0v) is 18.1. The number of aryl methyl sites for hydroxylation is 2. The van der Waals surface area contributed by atoms with E-state index in [0.29, 0.717) is 11.4 Å². The number of anilines is 1. The van der Waals surface area contributed by atoms with E-state index in [1.807, 2.05) is 42.5 Å². The first-order valence-electron chi connectivity index (χ1n) is 10.1. The highest BCUT2D eigenvalue weighted by atomic mass is 32.2. The van der Waals surface area contributed by atoms with E-state index in [2.05, 4.69) is 17.4 Å². The Kier molecular flexibility index (Phi) is 4.87. The monoisotopic (exact) mass is 438 g/mol. The third kappa shape index (κ3) is 3.42. The second kappa shape index (κ2) is 7.56. The summed E-state index contributed by atoms with van der Waals surface area (Å²) < 4.78 is 27.0. The Balaban J connectivity index is 1.25. The highest BCUT2D eigenvalue weighted by Crippen LogP contribution is 2.39. The number of benzene rings is 2. The van der Waals surface area contributed by atoms with Crippen LogP contribution in [0, 0.1) is 0 Å². The Bertz CT molecular complexity index is 1230. The normalized spacial score (nSPS) is 14.7. The number of nitrogens with one attached hydrogen (secondary N) is 1. The van der Waals surface area contributed by atoms with Crippen molar-refractivity contribution in [1.82, 2.24) is 5.32 Å². The first-order chi connectivity index (χ1) is 14.5. The molecule has 0 atom stereocenters. The molecular weight excluding hydrogens is 416 g/mol. The van der Waals surface area contributed by atoms with Gasteiger partial charge in [-0.2, -0.15) is 0 Å². The third-order valence-corrected chi connectivity index (χ3v) is 8.76. The number of hydrogen-bond donors (Lipinski definition) is 1. The molecule has 2 heterocycles. The summed E-state index contributed by atoms with van der Waals surface area (Å²) in [6.07, 6.45) is 2.64. The Morgan fingerprint density at radius 1 is 0.967 bits per heavy atom. The Hall–Kier alpha value is -2.64. The summed E-state index contributed by atoms with van der Waals surface area (Å²) in [4.78, 5) is 14.5. The average Bonchev–Trinajstić information content (AvgIpc) is 3.38. The minimum absolute atomic E-state index is 0.0962. The summed E-state index contributed by atoms with van der Waals surface area (Å²) in [5, 5.41) is 2.80. The summed E-state index contributed by atoms with van der Waals surface area (Å²) in [5.41, 5.74) is 5.53. The molecule has 2 aromatic carbocycles. The van der Waals surface area contributed by atoms with Gasteiger partial charge in [-0.25, -0.2) is 8.42 Å². The molecule has 5 rings (SSSR count). The summed E-state index contributed by atoms with van der Waals surface area (Å²) in [6.45, 7) is 0.561. The second-order valence-corrected chi connectivity index (χ2v) is 10.7. The van der Waals surface area contributed by atoms with Crippen LogP contribution in [0.1, 0.15) is 26.4 Å². The maximum atomic E-state index is 12.8. The number of hydrogen-bond acceptors (Lipinski definition) is 4. The highest BCUT2D eigenvalue weighted by Gasteiger charge is 2.29. The van der Waals surface area contributed by atoms with E-state index in [4.69, 9.17) is 0 Å². The molecule has 1 N–H and O–H groups in total. The lowest BCUT2D eigenvalue weighted by atomic mass is 9.91. The molecule has 0 fully saturated rings. The van der Waals surface area contributed by atoms with Crippen LogP contribution < -0.4 is 9.62 Å². The lowest BCUT2D eigenvalue weighted by molar-refractivity contribution is 0.0960. The van der Waals surface area contributed by atoms with Crippen molar-refractivity contribution in [2.75, 3.05) is 23.1 Å². The van der Waals surface area contributed by atoms with Crippen LogP contribution >= 0.6 is 11.3 Å². The van der Waals surface area contributed by atoms with Crippen molar-refractivity contribution in [2.24, 2.45) is 0 Å². The van der Waals surface area contributed by atoms with Gasteiger partial charge in [0.2, 0.25) is 10.0 Å². The van der Waals surface area contributed by atoms with Gasteiger partial charge in [0.05, 0.1) is 16.3 Å². The van der Waals surface area contributed by atoms with Crippen LogP contribution in [0.3, 0.4) is 0 Å². The fourth-order valence-electron chi connectivity index (χ4n) is 4.27. The molecule has 0 unspecified atom stereocenters. The molecule has 7 heteroatoms. The largest absolute Gasteiger partial charge is 0.350 e. The topological polar surface area (TPSA) is 66.5 Å². The number of nitrogens with zero attached hydrogens (tertiary/aromatic N) is 1. The van der Waals surface area contributed by atoms with E-state index in [9.17, 15) is 13.2 Å². The highest BCUT2D eigenvalue weighted by molar-refractivity contribution is 7.92. The fraction of sp³-hybridized carbons (Fsp3) is 0.261. The predicted octanol–water partition coefficient (Wildman–Crippen LogP) is 3.64. The standard InChI is InChI=1S/C23H22N2O3S2/c26-23(21-15-18-10-9-16-5-1-3-7-19(16)22(18)29-21)24-12-14-30(27,28)25-13-11-17-6-2-4-8-20(17)25/h1-8,15H,9-14H2,(H,24,26). The van der Waals surface area contributed by atoms with Crippen molar-refractivity contribution >= 4 is 33.0 Å². The Labute approximate surface area is 180 Å². The van der Waals surface area contributed by atoms with Crippen LogP contribution in [0.25, 0.3) is 10.4 Å². The molecule has 0 saturated heterocycles. The number of fused-ring (bicyclic) bond motifs is 4. The van der Waals surface area contributed by atoms with E-state index in [1.165, 1.54) is 32.3 Å². The molecule has 1 aliphatic heterocycles. The molecule has 2 aliphatic rings. The first-order valence-corrected chi connectivity index (χ1v) is 12.5. The number of thiophene rings is 1. The van der Waals surface area contributed by atoms with Gasteiger partial charge >= 0.3 is 0 Å². The molecule has 30 heavy (non-hydrogen) atoms. The van der Waals surface area contributed by atoms with E-state index in [0.717, 1.165) is 35.4 Å². The van der Waals surface area contributed by atoms with Crippen LogP contribution in [-0.2, 0) is 29.3 Å². The number of amides is 1. The van der Waals surface area contributed by atoms with Gasteiger partial charge in [0.15, 0.2) is 0 Å². The summed E-state index contributed by atoms with van der Waals surface area (Å²) >= 11 is 1.49. The molecule has 154 valence electrons. The maximum absolute atomic E-state index is 12.8. The number of sulfonamides is 1. The minimum Gasteiger partial charge on any atom is -0.350 e. The lowest BCUT2D eigenvalue weighted by Gasteiger charge is -2.19. The zero-order chi connectivity index (χ0) is 20.7. The molecule has 1 amide bonds. The first kappa shape index (κ1) is 19.3. The van der Waals surface area contributed by atoms with Crippen LogP contribution in [0.2, 0.25) is 0 Å². The Morgan fingerprint density at radius 2 is 1.70 bits per heavy atom. The van der Waals surface area contributed by atoms with Crippen molar-refractivity contribution in [3.63, 3.8) is 0 Å². The predicted molar refractivity (Wildman–Crippen MR) is 121 cm³/mol. The van der Waals surface area contributed by atoms with Crippen LogP contribution in [-0.4, -0.2) is 33.2 Å². The minimum atomic E-state index is -3.47. The SMILES string of the molecule is O=C(NCCS(=O)(=O)N1CCc2ccccc21)c1cc2c(s1)-c1ccccc1CC2. The summed E-state index contributed by atoms with van der Waals surface area (Å²) in [6, 6.07) is 17.8. The molecule has 3 aromatic rings. The van der Waals surface area contributed by atoms with Gasteiger partial charge in [0, 0.05) is 18.0 Å². The van der Waals surface area contributed by atoms with Gasteiger partial charge in [-0.05, 0) is 53.6 Å². The van der Waals surface area contributed by atoms with Crippen molar-refractivity contribution < 1.29 is 13.2 Å². The molecule has 1 aromatic heterocycles. The van der Waals surface area contributed by atoms with Gasteiger partial charge in [0.25, 0.3) is 5.91 Å². The average molecular weight is 439 g/mol. The second-order valence-electron chi connectivity index (χ2n) is 7.64. The smallest absolute Gasteiger partial charge is 0.261 e. The number of para-hydroxylation sites is 1. The number of carbonyl (C=O) groups excluding carboxylic acids is 1. The van der Waals surface area contributed by atoms with E-state index in [1.54, 1.807) is 0 Å². The van der Waals surface area contributed by atoms with Gasteiger partial charge in [0.1, 0.15) is 0 Å². The van der Waals surface area contributed by atoms with Crippen molar-refractivity contribution in [2.45, 2.75) is 19.3 Å². The molecular formula is C23H22N2O3S2. The fourth-order valence-corrected chi connectivity index (χ4v) is 6.89. The van der Waals surface area contributed by atoms with E-state index < -0.39 is 10.0 Å². The quantitative estimate of drug-likeness (QED) is 0.661. The van der Waals surface area contributed by atoms with E-state index >= 15 is 0 Å². The molecule has 0 saturated carbocycles. The lowest BCUT2D eigenvalue weighted by Crippen LogP contribution is -2.36. The molecule has 0 spiro atoms. The molecule has 5 nitrogen and oxygen atoms in total. The summed E-state index contributed by atoms with van der Waals surface area (Å²) in [7, 11) is -3.47. The third-order valence-electron chi connectivity index (χ3n) is 5.78. The van der Waals surface area contributed by atoms with Crippen molar-refractivity contribution in [1.29, 1.82) is 0 Å². The molecule has 0 bridgehead atoms.